The molecular formula is C4H12N2O3P2. The van der Waals surface area contributed by atoms with E-state index in [2.05, 4.69) is 23.9 Å². The highest BCUT2D eigenvalue weighted by atomic mass is 31.0. The maximum Gasteiger partial charge on any atom is 0.318 e. The molecule has 0 radical (unpaired) electrons. The Labute approximate surface area is 69.7 Å². The first-order valence-electron chi connectivity index (χ1n) is 2.92. The molecular weight excluding hydrogens is 186 g/mol. The van der Waals surface area contributed by atoms with Crippen molar-refractivity contribution in [1.29, 1.82) is 0 Å². The Morgan fingerprint density at radius 3 is 2.64 bits per heavy atom. The van der Waals surface area contributed by atoms with Crippen LogP contribution in [0.25, 0.3) is 0 Å². The summed E-state index contributed by atoms with van der Waals surface area (Å²) in [4.78, 5) is 10.1. The first kappa shape index (κ1) is 11.2. The molecule has 3 N–H and O–H groups in total. The van der Waals surface area contributed by atoms with Gasteiger partial charge >= 0.3 is 5.97 Å². The van der Waals surface area contributed by atoms with E-state index in [-0.39, 0.29) is 13.1 Å². The molecule has 11 heavy (non-hydrogen) atoms. The van der Waals surface area contributed by atoms with Gasteiger partial charge in [0, 0.05) is 6.54 Å². The highest BCUT2D eigenvalue weighted by Gasteiger charge is 2.08. The summed E-state index contributed by atoms with van der Waals surface area (Å²) in [5.74, 6) is -0.920. The van der Waals surface area contributed by atoms with Crippen LogP contribution in [0.3, 0.4) is 0 Å². The molecule has 0 rings (SSSR count). The predicted octanol–water partition coefficient (Wildman–Crippen LogP) is -1.14. The van der Waals surface area contributed by atoms with E-state index >= 15 is 0 Å². The van der Waals surface area contributed by atoms with Crippen molar-refractivity contribution in [2.45, 2.75) is 6.23 Å². The molecule has 3 unspecified atom stereocenters. The third-order valence-electron chi connectivity index (χ3n) is 0.938. The number of nitrogens with one attached hydrogen (secondary N) is 1. The van der Waals surface area contributed by atoms with E-state index < -0.39 is 12.2 Å². The summed E-state index contributed by atoms with van der Waals surface area (Å²) in [5, 5.41) is 19.8. The second-order valence-corrected chi connectivity index (χ2v) is 3.07. The van der Waals surface area contributed by atoms with Crippen LogP contribution in [-0.4, -0.2) is 40.2 Å². The number of hydrogen-bond acceptors (Lipinski definition) is 4. The van der Waals surface area contributed by atoms with Crippen molar-refractivity contribution < 1.29 is 15.0 Å². The van der Waals surface area contributed by atoms with Crippen molar-refractivity contribution in [3.8, 4) is 0 Å². The Balaban J connectivity index is 3.51. The van der Waals surface area contributed by atoms with Crippen molar-refractivity contribution in [3.63, 3.8) is 0 Å². The average Bonchev–Trinajstić information content (AvgIpc) is 1.85. The van der Waals surface area contributed by atoms with Crippen LogP contribution >= 0.6 is 18.8 Å². The number of nitrogens with zero attached hydrogens (tertiary/aromatic N) is 1. The van der Waals surface area contributed by atoms with Gasteiger partial charge in [0.25, 0.3) is 0 Å². The van der Waals surface area contributed by atoms with E-state index in [1.165, 1.54) is 4.67 Å². The van der Waals surface area contributed by atoms with Gasteiger partial charge in [-0.15, -0.1) is 0 Å². The molecule has 7 heteroatoms. The van der Waals surface area contributed by atoms with Gasteiger partial charge in [0.1, 0.15) is 12.8 Å². The molecule has 0 saturated heterocycles. The van der Waals surface area contributed by atoms with Crippen LogP contribution in [0.4, 0.5) is 0 Å². The van der Waals surface area contributed by atoms with Crippen LogP contribution in [0, 0.1) is 0 Å². The molecule has 0 saturated carbocycles. The third kappa shape index (κ3) is 6.60. The molecule has 66 valence electrons. The highest BCUT2D eigenvalue weighted by Crippen LogP contribution is 1.98. The summed E-state index contributed by atoms with van der Waals surface area (Å²) >= 11 is 0. The number of carbonyl (C=O) groups is 1. The maximum atomic E-state index is 10.1. The Morgan fingerprint density at radius 2 is 2.27 bits per heavy atom. The molecule has 0 spiro atoms. The predicted molar refractivity (Wildman–Crippen MR) is 47.8 cm³/mol. The first-order chi connectivity index (χ1) is 5.06. The summed E-state index contributed by atoms with van der Waals surface area (Å²) in [7, 11) is 4.36. The lowest BCUT2D eigenvalue weighted by atomic mass is 10.5. The van der Waals surface area contributed by atoms with Gasteiger partial charge in [-0.05, 0) is 0 Å². The van der Waals surface area contributed by atoms with E-state index in [0.717, 1.165) is 0 Å². The smallest absolute Gasteiger partial charge is 0.318 e. The van der Waals surface area contributed by atoms with Crippen LogP contribution < -0.4 is 5.09 Å². The molecule has 0 aromatic rings. The minimum atomic E-state index is -0.920. The Hall–Kier alpha value is 0.210. The van der Waals surface area contributed by atoms with Crippen LogP contribution in [-0.2, 0) is 4.79 Å². The highest BCUT2D eigenvalue weighted by molar-refractivity contribution is 7.14. The minimum Gasteiger partial charge on any atom is -0.480 e. The van der Waals surface area contributed by atoms with E-state index in [4.69, 9.17) is 10.2 Å². The molecule has 0 heterocycles. The lowest BCUT2D eigenvalue weighted by Gasteiger charge is -2.17. The van der Waals surface area contributed by atoms with Crippen molar-refractivity contribution in [2.24, 2.45) is 0 Å². The number of aliphatic hydroxyl groups excluding tert-OH is 1. The van der Waals surface area contributed by atoms with E-state index in [1.54, 1.807) is 0 Å². The second-order valence-electron chi connectivity index (χ2n) is 2.01. The van der Waals surface area contributed by atoms with Crippen molar-refractivity contribution in [2.75, 3.05) is 13.1 Å². The molecule has 0 bridgehead atoms. The molecule has 0 aliphatic heterocycles. The molecule has 3 atom stereocenters. The monoisotopic (exact) mass is 198 g/mol. The normalized spacial score (nSPS) is 13.5. The molecule has 0 aromatic carbocycles. The van der Waals surface area contributed by atoms with E-state index in [1.807, 2.05) is 0 Å². The lowest BCUT2D eigenvalue weighted by Crippen LogP contribution is -2.34. The van der Waals surface area contributed by atoms with Gasteiger partial charge in [0.15, 0.2) is 0 Å². The molecule has 0 fully saturated rings. The Morgan fingerprint density at radius 1 is 1.73 bits per heavy atom. The van der Waals surface area contributed by atoms with Gasteiger partial charge in [0.2, 0.25) is 0 Å². The molecule has 0 aliphatic carbocycles. The van der Waals surface area contributed by atoms with Gasteiger partial charge in [-0.25, -0.2) is 0 Å². The molecule has 0 aliphatic rings. The van der Waals surface area contributed by atoms with Crippen LogP contribution in [0.1, 0.15) is 0 Å². The molecule has 5 nitrogen and oxygen atoms in total. The summed E-state index contributed by atoms with van der Waals surface area (Å²) in [6.45, 7) is 0.147. The maximum absolute atomic E-state index is 10.1. The standard InChI is InChI=1S/C4H12N2O3P2/c7-3(5-10)1-6(11)2-4(8)9/h3,5,7H,1-2,10-11H2,(H,8,9). The Kier molecular flexibility index (Phi) is 5.92. The number of rotatable bonds is 5. The van der Waals surface area contributed by atoms with Crippen molar-refractivity contribution in [1.82, 2.24) is 9.76 Å². The largest absolute Gasteiger partial charge is 0.480 e. The van der Waals surface area contributed by atoms with Crippen molar-refractivity contribution >= 4 is 24.8 Å². The van der Waals surface area contributed by atoms with Crippen LogP contribution in [0.5, 0.6) is 0 Å². The molecule has 0 amide bonds. The topological polar surface area (TPSA) is 72.8 Å². The van der Waals surface area contributed by atoms with Crippen molar-refractivity contribution in [3.05, 3.63) is 0 Å². The van der Waals surface area contributed by atoms with Gasteiger partial charge in [-0.2, -0.15) is 0 Å². The fourth-order valence-corrected chi connectivity index (χ4v) is 0.974. The second kappa shape index (κ2) is 5.81. The quantitative estimate of drug-likeness (QED) is 0.384. The zero-order valence-electron chi connectivity index (χ0n) is 5.90. The zero-order chi connectivity index (χ0) is 8.85. The summed E-state index contributed by atoms with van der Waals surface area (Å²) in [6.07, 6.45) is -0.725. The van der Waals surface area contributed by atoms with E-state index in [0.29, 0.717) is 0 Å². The number of carboxylic acid groups (broad SMARTS) is 1. The van der Waals surface area contributed by atoms with Gasteiger partial charge in [0.05, 0.1) is 0 Å². The number of aliphatic carboxylic acids is 1. The summed E-state index contributed by atoms with van der Waals surface area (Å²) < 4.78 is 1.42. The van der Waals surface area contributed by atoms with Gasteiger partial charge < -0.3 is 10.2 Å². The minimum absolute atomic E-state index is 0.103. The lowest BCUT2D eigenvalue weighted by molar-refractivity contribution is -0.137. The van der Waals surface area contributed by atoms with Crippen LogP contribution in [0.15, 0.2) is 0 Å². The number of aliphatic hydroxyl groups is 1. The fourth-order valence-electron chi connectivity index (χ4n) is 0.513. The summed E-state index contributed by atoms with van der Waals surface area (Å²) in [6, 6.07) is 0. The molecule has 0 aromatic heterocycles. The fraction of sp³-hybridized carbons (Fsp3) is 0.750. The van der Waals surface area contributed by atoms with Crippen LogP contribution in [0.2, 0.25) is 0 Å². The average molecular weight is 198 g/mol. The summed E-state index contributed by atoms with van der Waals surface area (Å²) in [5.41, 5.74) is 0. The Bertz CT molecular complexity index is 135. The number of hydrogen-bond donors (Lipinski definition) is 3. The number of carboxylic acids is 1. The SMILES string of the molecule is O=C(O)CN(P)CC(O)NP. The van der Waals surface area contributed by atoms with E-state index in [9.17, 15) is 4.79 Å². The first-order valence-corrected chi connectivity index (χ1v) is 4.01. The zero-order valence-corrected chi connectivity index (χ0v) is 8.21. The van der Waals surface area contributed by atoms with Gasteiger partial charge in [-0.1, -0.05) is 18.8 Å². The third-order valence-corrected chi connectivity index (χ3v) is 1.72. The van der Waals surface area contributed by atoms with Gasteiger partial charge in [-0.3, -0.25) is 14.6 Å².